The highest BCUT2D eigenvalue weighted by molar-refractivity contribution is 9.10. The molecule has 6 heteroatoms. The van der Waals surface area contributed by atoms with Crippen molar-refractivity contribution in [3.63, 3.8) is 0 Å². The van der Waals surface area contributed by atoms with Crippen LogP contribution in [0.15, 0.2) is 34.8 Å². The predicted octanol–water partition coefficient (Wildman–Crippen LogP) is 4.29. The molecule has 0 spiro atoms. The Balaban J connectivity index is 2.09. The molecule has 2 rings (SSSR count). The predicted molar refractivity (Wildman–Crippen MR) is 101 cm³/mol. The third kappa shape index (κ3) is 5.06. The molecule has 0 unspecified atom stereocenters. The van der Waals surface area contributed by atoms with Crippen LogP contribution in [0.2, 0.25) is 0 Å². The van der Waals surface area contributed by atoms with Crippen LogP contribution < -0.4 is 14.8 Å². The van der Waals surface area contributed by atoms with Crippen LogP contribution >= 0.6 is 15.9 Å². The molecule has 0 saturated heterocycles. The number of amides is 1. The van der Waals surface area contributed by atoms with Crippen molar-refractivity contribution >= 4 is 33.8 Å². The minimum Gasteiger partial charge on any atom is -0.490 e. The van der Waals surface area contributed by atoms with Gasteiger partial charge in [-0.05, 0) is 60.5 Å². The van der Waals surface area contributed by atoms with Crippen molar-refractivity contribution < 1.29 is 19.1 Å². The third-order valence-corrected chi connectivity index (χ3v) is 4.06. The van der Waals surface area contributed by atoms with Crippen LogP contribution in [0.5, 0.6) is 11.5 Å². The molecule has 0 aliphatic rings. The number of rotatable bonds is 7. The van der Waals surface area contributed by atoms with Crippen LogP contribution in [-0.2, 0) is 4.79 Å². The van der Waals surface area contributed by atoms with Crippen molar-refractivity contribution in [2.75, 3.05) is 18.5 Å². The van der Waals surface area contributed by atoms with Gasteiger partial charge in [0, 0.05) is 11.3 Å². The van der Waals surface area contributed by atoms with Crippen molar-refractivity contribution in [1.29, 1.82) is 0 Å². The highest BCUT2D eigenvalue weighted by atomic mass is 79.9. The second kappa shape index (κ2) is 8.67. The Morgan fingerprint density at radius 2 is 1.96 bits per heavy atom. The van der Waals surface area contributed by atoms with Crippen molar-refractivity contribution in [1.82, 2.24) is 0 Å². The summed E-state index contributed by atoms with van der Waals surface area (Å²) in [5.74, 6) is 0.530. The number of aldehydes is 1. The molecule has 0 aliphatic carbocycles. The molecule has 2 aromatic rings. The van der Waals surface area contributed by atoms with Gasteiger partial charge in [-0.3, -0.25) is 9.59 Å². The molecule has 0 aromatic heterocycles. The number of carbonyl (C=O) groups is 2. The molecule has 132 valence electrons. The molecular weight excluding hydrogens is 386 g/mol. The first-order valence-corrected chi connectivity index (χ1v) is 8.65. The van der Waals surface area contributed by atoms with Gasteiger partial charge in [0.1, 0.15) is 6.29 Å². The molecule has 0 bridgehead atoms. The second-order valence-corrected chi connectivity index (χ2v) is 6.39. The van der Waals surface area contributed by atoms with Gasteiger partial charge in [0.2, 0.25) is 0 Å². The van der Waals surface area contributed by atoms with Crippen molar-refractivity contribution in [3.05, 3.63) is 51.5 Å². The van der Waals surface area contributed by atoms with E-state index in [0.717, 1.165) is 23.1 Å². The Morgan fingerprint density at radius 3 is 2.60 bits per heavy atom. The minimum absolute atomic E-state index is 0.174. The summed E-state index contributed by atoms with van der Waals surface area (Å²) >= 11 is 3.35. The summed E-state index contributed by atoms with van der Waals surface area (Å²) in [6, 6.07) is 9.00. The number of halogens is 1. The van der Waals surface area contributed by atoms with Crippen LogP contribution in [0.25, 0.3) is 0 Å². The van der Waals surface area contributed by atoms with E-state index in [-0.39, 0.29) is 12.5 Å². The lowest BCUT2D eigenvalue weighted by Gasteiger charge is -2.15. The molecule has 0 heterocycles. The zero-order valence-electron chi connectivity index (χ0n) is 14.4. The summed E-state index contributed by atoms with van der Waals surface area (Å²) in [4.78, 5) is 23.1. The van der Waals surface area contributed by atoms with Crippen LogP contribution in [0.3, 0.4) is 0 Å². The van der Waals surface area contributed by atoms with E-state index in [1.54, 1.807) is 12.1 Å². The van der Waals surface area contributed by atoms with E-state index in [1.807, 2.05) is 39.0 Å². The molecule has 0 aliphatic heterocycles. The fraction of sp³-hybridized carbons (Fsp3) is 0.263. The molecule has 1 amide bonds. The van der Waals surface area contributed by atoms with E-state index in [1.165, 1.54) is 0 Å². The Hall–Kier alpha value is -2.34. The number of benzene rings is 2. The highest BCUT2D eigenvalue weighted by Crippen LogP contribution is 2.36. The molecule has 5 nitrogen and oxygen atoms in total. The van der Waals surface area contributed by atoms with Crippen molar-refractivity contribution in [2.24, 2.45) is 0 Å². The first-order valence-electron chi connectivity index (χ1n) is 7.86. The summed E-state index contributed by atoms with van der Waals surface area (Å²) in [5, 5.41) is 2.82. The van der Waals surface area contributed by atoms with E-state index in [2.05, 4.69) is 21.2 Å². The summed E-state index contributed by atoms with van der Waals surface area (Å²) in [6.45, 7) is 6.01. The quantitative estimate of drug-likeness (QED) is 0.697. The van der Waals surface area contributed by atoms with Gasteiger partial charge < -0.3 is 14.8 Å². The third-order valence-electron chi connectivity index (χ3n) is 3.47. The normalized spacial score (nSPS) is 10.2. The van der Waals surface area contributed by atoms with Gasteiger partial charge in [-0.15, -0.1) is 0 Å². The topological polar surface area (TPSA) is 64.6 Å². The average molecular weight is 406 g/mol. The van der Waals surface area contributed by atoms with Gasteiger partial charge in [0.05, 0.1) is 11.1 Å². The molecule has 25 heavy (non-hydrogen) atoms. The lowest BCUT2D eigenvalue weighted by atomic mass is 10.1. The van der Waals surface area contributed by atoms with Gasteiger partial charge in [0.15, 0.2) is 18.1 Å². The smallest absolute Gasteiger partial charge is 0.262 e. The molecule has 0 saturated carbocycles. The number of aryl methyl sites for hydroxylation is 2. The van der Waals surface area contributed by atoms with E-state index in [0.29, 0.717) is 28.1 Å². The summed E-state index contributed by atoms with van der Waals surface area (Å²) in [5.41, 5.74) is 3.33. The zero-order valence-corrected chi connectivity index (χ0v) is 16.0. The SMILES string of the molecule is CCOc1cc(C=O)cc(Br)c1OCC(=O)Nc1ccc(C)cc1C. The number of hydrogen-bond donors (Lipinski definition) is 1. The number of nitrogens with one attached hydrogen (secondary N) is 1. The van der Waals surface area contributed by atoms with E-state index in [4.69, 9.17) is 9.47 Å². The average Bonchev–Trinajstić information content (AvgIpc) is 2.56. The first kappa shape index (κ1) is 19.0. The number of carbonyl (C=O) groups excluding carboxylic acids is 2. The Morgan fingerprint density at radius 1 is 1.20 bits per heavy atom. The maximum Gasteiger partial charge on any atom is 0.262 e. The molecular formula is C19H20BrNO4. The monoisotopic (exact) mass is 405 g/mol. The Bertz CT molecular complexity index is 789. The van der Waals surface area contributed by atoms with Crippen molar-refractivity contribution in [2.45, 2.75) is 20.8 Å². The summed E-state index contributed by atoms with van der Waals surface area (Å²) < 4.78 is 11.7. The van der Waals surface area contributed by atoms with E-state index >= 15 is 0 Å². The van der Waals surface area contributed by atoms with Gasteiger partial charge in [-0.1, -0.05) is 17.7 Å². The Labute approximate surface area is 155 Å². The van der Waals surface area contributed by atoms with E-state index in [9.17, 15) is 9.59 Å². The summed E-state index contributed by atoms with van der Waals surface area (Å²) in [6.07, 6.45) is 0.726. The van der Waals surface area contributed by atoms with Crippen LogP contribution in [-0.4, -0.2) is 25.4 Å². The molecule has 1 N–H and O–H groups in total. The van der Waals surface area contributed by atoms with Gasteiger partial charge >= 0.3 is 0 Å². The lowest BCUT2D eigenvalue weighted by molar-refractivity contribution is -0.118. The van der Waals surface area contributed by atoms with Gasteiger partial charge in [-0.25, -0.2) is 0 Å². The number of hydrogen-bond acceptors (Lipinski definition) is 4. The largest absolute Gasteiger partial charge is 0.490 e. The maximum atomic E-state index is 12.2. The fourth-order valence-electron chi connectivity index (χ4n) is 2.34. The standard InChI is InChI=1S/C19H20BrNO4/c1-4-24-17-9-14(10-22)8-15(20)19(17)25-11-18(23)21-16-6-5-12(2)7-13(16)3/h5-10H,4,11H2,1-3H3,(H,21,23). The highest BCUT2D eigenvalue weighted by Gasteiger charge is 2.14. The molecule has 0 radical (unpaired) electrons. The molecule has 0 fully saturated rings. The Kier molecular flexibility index (Phi) is 6.58. The maximum absolute atomic E-state index is 12.2. The second-order valence-electron chi connectivity index (χ2n) is 5.54. The van der Waals surface area contributed by atoms with Crippen LogP contribution in [0, 0.1) is 13.8 Å². The lowest BCUT2D eigenvalue weighted by Crippen LogP contribution is -2.21. The van der Waals surface area contributed by atoms with Crippen LogP contribution in [0.4, 0.5) is 5.69 Å². The first-order chi connectivity index (χ1) is 11.9. The van der Waals surface area contributed by atoms with Gasteiger partial charge in [0.25, 0.3) is 5.91 Å². The minimum atomic E-state index is -0.277. The van der Waals surface area contributed by atoms with Crippen LogP contribution in [0.1, 0.15) is 28.4 Å². The van der Waals surface area contributed by atoms with Crippen molar-refractivity contribution in [3.8, 4) is 11.5 Å². The fourth-order valence-corrected chi connectivity index (χ4v) is 2.91. The number of ether oxygens (including phenoxy) is 2. The number of anilines is 1. The van der Waals surface area contributed by atoms with E-state index < -0.39 is 0 Å². The molecule has 0 atom stereocenters. The van der Waals surface area contributed by atoms with Gasteiger partial charge in [-0.2, -0.15) is 0 Å². The molecule has 2 aromatic carbocycles. The summed E-state index contributed by atoms with van der Waals surface area (Å²) in [7, 11) is 0. The zero-order chi connectivity index (χ0) is 18.4.